The molecule has 1 aliphatic rings. The van der Waals surface area contributed by atoms with Gasteiger partial charge in [0.1, 0.15) is 5.75 Å². The standard InChI is InChI=1S/C13H15Cl2NO3/c1-8(13(18)16-5-4-10(17)7-16)19-12-3-2-9(14)6-11(12)15/h2-3,6,8,10,17H,4-5,7H2,1H3. The predicted molar refractivity (Wildman–Crippen MR) is 73.8 cm³/mol. The van der Waals surface area contributed by atoms with Crippen LogP contribution in [0.3, 0.4) is 0 Å². The molecule has 1 amide bonds. The van der Waals surface area contributed by atoms with Gasteiger partial charge in [-0.25, -0.2) is 0 Å². The monoisotopic (exact) mass is 303 g/mol. The highest BCUT2D eigenvalue weighted by Gasteiger charge is 2.29. The quantitative estimate of drug-likeness (QED) is 0.932. The summed E-state index contributed by atoms with van der Waals surface area (Å²) in [5, 5.41) is 10.3. The van der Waals surface area contributed by atoms with Gasteiger partial charge in [0.05, 0.1) is 11.1 Å². The van der Waals surface area contributed by atoms with Gasteiger partial charge in [0.25, 0.3) is 5.91 Å². The van der Waals surface area contributed by atoms with E-state index in [9.17, 15) is 9.90 Å². The minimum absolute atomic E-state index is 0.150. The fourth-order valence-corrected chi connectivity index (χ4v) is 2.46. The Bertz CT molecular complexity index is 481. The van der Waals surface area contributed by atoms with Crippen LogP contribution in [0.15, 0.2) is 18.2 Å². The van der Waals surface area contributed by atoms with Crippen molar-refractivity contribution in [1.82, 2.24) is 4.90 Å². The van der Waals surface area contributed by atoms with Crippen LogP contribution in [0.5, 0.6) is 5.75 Å². The molecule has 1 aliphatic heterocycles. The highest BCUT2D eigenvalue weighted by atomic mass is 35.5. The second kappa shape index (κ2) is 5.99. The van der Waals surface area contributed by atoms with Crippen LogP contribution in [0.25, 0.3) is 0 Å². The Kier molecular flexibility index (Phi) is 4.55. The van der Waals surface area contributed by atoms with Crippen LogP contribution >= 0.6 is 23.2 Å². The highest BCUT2D eigenvalue weighted by Crippen LogP contribution is 2.28. The first kappa shape index (κ1) is 14.4. The number of nitrogens with zero attached hydrogens (tertiary/aromatic N) is 1. The summed E-state index contributed by atoms with van der Waals surface area (Å²) in [6, 6.07) is 4.85. The molecule has 1 aromatic rings. The summed E-state index contributed by atoms with van der Waals surface area (Å²) < 4.78 is 5.55. The van der Waals surface area contributed by atoms with Gasteiger partial charge < -0.3 is 14.7 Å². The number of hydrogen-bond donors (Lipinski definition) is 1. The van der Waals surface area contributed by atoms with E-state index in [1.807, 2.05) is 0 Å². The molecule has 0 spiro atoms. The van der Waals surface area contributed by atoms with Gasteiger partial charge in [-0.3, -0.25) is 4.79 Å². The lowest BCUT2D eigenvalue weighted by Gasteiger charge is -2.21. The van der Waals surface area contributed by atoms with Crippen LogP contribution in [-0.4, -0.2) is 41.2 Å². The number of β-amino-alcohol motifs (C(OH)–C–C–N with tert-alkyl or cyclic N) is 1. The molecular weight excluding hydrogens is 289 g/mol. The van der Waals surface area contributed by atoms with Gasteiger partial charge in [-0.15, -0.1) is 0 Å². The molecule has 1 N–H and O–H groups in total. The molecule has 1 saturated heterocycles. The number of amides is 1. The average Bonchev–Trinajstić information content (AvgIpc) is 2.78. The molecule has 104 valence electrons. The summed E-state index contributed by atoms with van der Waals surface area (Å²) in [6.45, 7) is 2.58. The molecule has 4 nitrogen and oxygen atoms in total. The zero-order chi connectivity index (χ0) is 14.0. The minimum atomic E-state index is -0.649. The van der Waals surface area contributed by atoms with Gasteiger partial charge in [0, 0.05) is 18.1 Å². The van der Waals surface area contributed by atoms with Crippen molar-refractivity contribution in [3.8, 4) is 5.75 Å². The molecular formula is C13H15Cl2NO3. The Morgan fingerprint density at radius 1 is 1.53 bits per heavy atom. The van der Waals surface area contributed by atoms with Crippen molar-refractivity contribution in [1.29, 1.82) is 0 Å². The predicted octanol–water partition coefficient (Wildman–Crippen LogP) is 2.35. The number of benzene rings is 1. The Morgan fingerprint density at radius 2 is 2.26 bits per heavy atom. The van der Waals surface area contributed by atoms with Crippen molar-refractivity contribution in [2.75, 3.05) is 13.1 Å². The van der Waals surface area contributed by atoms with E-state index in [1.54, 1.807) is 30.0 Å². The van der Waals surface area contributed by atoms with Crippen LogP contribution in [-0.2, 0) is 4.79 Å². The van der Waals surface area contributed by atoms with Gasteiger partial charge >= 0.3 is 0 Å². The van der Waals surface area contributed by atoms with Crippen molar-refractivity contribution < 1.29 is 14.6 Å². The van der Waals surface area contributed by atoms with Crippen LogP contribution in [0, 0.1) is 0 Å². The van der Waals surface area contributed by atoms with Gasteiger partial charge in [-0.05, 0) is 31.5 Å². The largest absolute Gasteiger partial charge is 0.479 e. The number of aliphatic hydroxyl groups is 1. The fourth-order valence-electron chi connectivity index (χ4n) is 2.01. The molecule has 6 heteroatoms. The molecule has 2 atom stereocenters. The maximum absolute atomic E-state index is 12.1. The smallest absolute Gasteiger partial charge is 0.263 e. The van der Waals surface area contributed by atoms with E-state index in [-0.39, 0.29) is 5.91 Å². The first-order valence-corrected chi connectivity index (χ1v) is 6.81. The van der Waals surface area contributed by atoms with Gasteiger partial charge in [-0.1, -0.05) is 23.2 Å². The third-order valence-corrected chi connectivity index (χ3v) is 3.55. The molecule has 1 fully saturated rings. The molecule has 0 aromatic heterocycles. The van der Waals surface area contributed by atoms with E-state index in [0.29, 0.717) is 35.3 Å². The Labute approximate surface area is 121 Å². The lowest BCUT2D eigenvalue weighted by Crippen LogP contribution is -2.39. The number of carbonyl (C=O) groups is 1. The van der Waals surface area contributed by atoms with E-state index in [0.717, 1.165) is 0 Å². The van der Waals surface area contributed by atoms with Gasteiger partial charge in [-0.2, -0.15) is 0 Å². The minimum Gasteiger partial charge on any atom is -0.479 e. The number of aliphatic hydroxyl groups excluding tert-OH is 1. The van der Waals surface area contributed by atoms with Gasteiger partial charge in [0.15, 0.2) is 6.10 Å². The SMILES string of the molecule is CC(Oc1ccc(Cl)cc1Cl)C(=O)N1CCC(O)C1. The van der Waals surface area contributed by atoms with Crippen molar-refractivity contribution >= 4 is 29.1 Å². The lowest BCUT2D eigenvalue weighted by atomic mass is 10.3. The number of rotatable bonds is 3. The van der Waals surface area contributed by atoms with Crippen molar-refractivity contribution in [2.24, 2.45) is 0 Å². The first-order chi connectivity index (χ1) is 8.97. The molecule has 0 radical (unpaired) electrons. The van der Waals surface area contributed by atoms with Crippen LogP contribution in [0.2, 0.25) is 10.0 Å². The molecule has 0 bridgehead atoms. The fraction of sp³-hybridized carbons (Fsp3) is 0.462. The van der Waals surface area contributed by atoms with Crippen molar-refractivity contribution in [3.63, 3.8) is 0 Å². The van der Waals surface area contributed by atoms with Crippen LogP contribution in [0.4, 0.5) is 0 Å². The first-order valence-electron chi connectivity index (χ1n) is 6.06. The molecule has 2 unspecified atom stereocenters. The number of halogens is 2. The lowest BCUT2D eigenvalue weighted by molar-refractivity contribution is -0.137. The molecule has 19 heavy (non-hydrogen) atoms. The zero-order valence-corrected chi connectivity index (χ0v) is 12.0. The molecule has 1 heterocycles. The van der Waals surface area contributed by atoms with Crippen molar-refractivity contribution in [3.05, 3.63) is 28.2 Å². The van der Waals surface area contributed by atoms with Crippen LogP contribution in [0.1, 0.15) is 13.3 Å². The third-order valence-electron chi connectivity index (χ3n) is 3.02. The second-order valence-corrected chi connectivity index (χ2v) is 5.41. The summed E-state index contributed by atoms with van der Waals surface area (Å²) in [4.78, 5) is 13.7. The van der Waals surface area contributed by atoms with E-state index in [4.69, 9.17) is 27.9 Å². The van der Waals surface area contributed by atoms with Gasteiger partial charge in [0.2, 0.25) is 0 Å². The molecule has 0 aliphatic carbocycles. The summed E-state index contributed by atoms with van der Waals surface area (Å²) >= 11 is 11.8. The number of ether oxygens (including phenoxy) is 1. The van der Waals surface area contributed by atoms with E-state index < -0.39 is 12.2 Å². The summed E-state index contributed by atoms with van der Waals surface area (Å²) in [5.74, 6) is 0.272. The van der Waals surface area contributed by atoms with E-state index in [1.165, 1.54) is 0 Å². The summed E-state index contributed by atoms with van der Waals surface area (Å²) in [5.41, 5.74) is 0. The van der Waals surface area contributed by atoms with Crippen molar-refractivity contribution in [2.45, 2.75) is 25.6 Å². The molecule has 2 rings (SSSR count). The second-order valence-electron chi connectivity index (χ2n) is 4.56. The normalized spacial score (nSPS) is 20.4. The Balaban J connectivity index is 2.00. The number of likely N-dealkylation sites (tertiary alicyclic amines) is 1. The third kappa shape index (κ3) is 3.53. The molecule has 1 aromatic carbocycles. The highest BCUT2D eigenvalue weighted by molar-refractivity contribution is 6.35. The maximum Gasteiger partial charge on any atom is 0.263 e. The number of hydrogen-bond acceptors (Lipinski definition) is 3. The average molecular weight is 304 g/mol. The Morgan fingerprint density at radius 3 is 2.84 bits per heavy atom. The maximum atomic E-state index is 12.1. The zero-order valence-electron chi connectivity index (χ0n) is 10.5. The summed E-state index contributed by atoms with van der Waals surface area (Å²) in [6.07, 6.45) is -0.473. The topological polar surface area (TPSA) is 49.8 Å². The summed E-state index contributed by atoms with van der Waals surface area (Å²) in [7, 11) is 0. The van der Waals surface area contributed by atoms with Crippen LogP contribution < -0.4 is 4.74 Å². The van der Waals surface area contributed by atoms with E-state index in [2.05, 4.69) is 0 Å². The Hall–Kier alpha value is -0.970. The number of carbonyl (C=O) groups excluding carboxylic acids is 1. The van der Waals surface area contributed by atoms with E-state index >= 15 is 0 Å². The molecule has 0 saturated carbocycles.